The van der Waals surface area contributed by atoms with Gasteiger partial charge in [-0.05, 0) is 30.5 Å². The first-order valence-electron chi connectivity index (χ1n) is 4.60. The molecule has 0 unspecified atom stereocenters. The molecule has 0 saturated carbocycles. The molecule has 0 amide bonds. The Morgan fingerprint density at radius 2 is 2.00 bits per heavy atom. The third-order valence-corrected chi connectivity index (χ3v) is 2.79. The van der Waals surface area contributed by atoms with Crippen molar-refractivity contribution in [2.75, 3.05) is 0 Å². The summed E-state index contributed by atoms with van der Waals surface area (Å²) < 4.78 is 40.3. The zero-order chi connectivity index (χ0) is 10.5. The van der Waals surface area contributed by atoms with Crippen molar-refractivity contribution >= 4 is 0 Å². The number of halogens is 3. The molecule has 0 bridgehead atoms. The Morgan fingerprint density at radius 3 is 2.64 bits per heavy atom. The zero-order valence-electron chi connectivity index (χ0n) is 8.07. The third kappa shape index (κ3) is 1.15. The number of hydrogen-bond acceptors (Lipinski definition) is 0. The first-order chi connectivity index (χ1) is 6.43. The predicted molar refractivity (Wildman–Crippen MR) is 47.9 cm³/mol. The molecule has 0 aliphatic heterocycles. The maximum absolute atomic E-state index is 13.5. The molecule has 0 aromatic heterocycles. The van der Waals surface area contributed by atoms with E-state index in [0.29, 0.717) is 11.1 Å². The Labute approximate surface area is 80.7 Å². The average Bonchev–Trinajstić information content (AvgIpc) is 2.21. The van der Waals surface area contributed by atoms with Gasteiger partial charge in [-0.3, -0.25) is 0 Å². The minimum Gasteiger partial charge on any atom is -0.206 e. The van der Waals surface area contributed by atoms with Crippen LogP contribution in [0.5, 0.6) is 0 Å². The molecule has 0 saturated heterocycles. The summed E-state index contributed by atoms with van der Waals surface area (Å²) in [6.45, 7) is 3.17. The van der Waals surface area contributed by atoms with Gasteiger partial charge < -0.3 is 0 Å². The smallest absolute Gasteiger partial charge is 0.206 e. The lowest BCUT2D eigenvalue weighted by atomic mass is 10.0. The molecule has 0 nitrogen and oxygen atoms in total. The van der Waals surface area contributed by atoms with Crippen molar-refractivity contribution in [3.05, 3.63) is 34.6 Å². The molecule has 1 aliphatic rings. The lowest BCUT2D eigenvalue weighted by Crippen LogP contribution is -2.18. The van der Waals surface area contributed by atoms with Gasteiger partial charge in [0, 0.05) is 5.92 Å². The van der Waals surface area contributed by atoms with Gasteiger partial charge in [-0.25, -0.2) is 13.2 Å². The number of aryl methyl sites for hydroxylation is 1. The van der Waals surface area contributed by atoms with Gasteiger partial charge in [-0.15, -0.1) is 0 Å². The van der Waals surface area contributed by atoms with E-state index in [2.05, 4.69) is 0 Å². The molecule has 3 heteroatoms. The highest BCUT2D eigenvalue weighted by molar-refractivity contribution is 5.40. The van der Waals surface area contributed by atoms with Crippen LogP contribution in [0.15, 0.2) is 12.1 Å². The lowest BCUT2D eigenvalue weighted by molar-refractivity contribution is -0.0477. The van der Waals surface area contributed by atoms with Crippen LogP contribution in [0.3, 0.4) is 0 Å². The van der Waals surface area contributed by atoms with Crippen molar-refractivity contribution in [2.45, 2.75) is 26.2 Å². The van der Waals surface area contributed by atoms with Gasteiger partial charge in [0.2, 0.25) is 0 Å². The van der Waals surface area contributed by atoms with Gasteiger partial charge in [0.15, 0.2) is 0 Å². The van der Waals surface area contributed by atoms with Crippen molar-refractivity contribution < 1.29 is 13.2 Å². The van der Waals surface area contributed by atoms with Gasteiger partial charge in [0.25, 0.3) is 5.92 Å². The van der Waals surface area contributed by atoms with Gasteiger partial charge >= 0.3 is 0 Å². The quantitative estimate of drug-likeness (QED) is 0.602. The van der Waals surface area contributed by atoms with E-state index in [1.807, 2.05) is 0 Å². The molecule has 1 aromatic rings. The summed E-state index contributed by atoms with van der Waals surface area (Å²) >= 11 is 0. The average molecular weight is 200 g/mol. The Morgan fingerprint density at radius 1 is 1.36 bits per heavy atom. The SMILES string of the molecule is Cc1cc(F)c2c(c1)C[C@@H](C)C2(F)F. The Hall–Kier alpha value is -0.990. The maximum Gasteiger partial charge on any atom is 0.279 e. The van der Waals surface area contributed by atoms with E-state index in [1.165, 1.54) is 13.0 Å². The van der Waals surface area contributed by atoms with Crippen molar-refractivity contribution in [3.63, 3.8) is 0 Å². The highest BCUT2D eigenvalue weighted by Gasteiger charge is 2.47. The second kappa shape index (κ2) is 2.75. The fourth-order valence-electron chi connectivity index (χ4n) is 2.05. The number of fused-ring (bicyclic) bond motifs is 1. The summed E-state index contributed by atoms with van der Waals surface area (Å²) in [5.41, 5.74) is 0.766. The standard InChI is InChI=1S/C11H11F3/c1-6-3-8-5-7(2)11(13,14)10(8)9(12)4-6/h3-4,7H,5H2,1-2H3/t7-/m1/s1. The summed E-state index contributed by atoms with van der Waals surface area (Å²) in [7, 11) is 0. The van der Waals surface area contributed by atoms with Crippen LogP contribution in [0.4, 0.5) is 13.2 Å². The van der Waals surface area contributed by atoms with Crippen LogP contribution in [-0.2, 0) is 12.3 Å². The zero-order valence-corrected chi connectivity index (χ0v) is 8.07. The fourth-order valence-corrected chi connectivity index (χ4v) is 2.05. The molecule has 1 atom stereocenters. The highest BCUT2D eigenvalue weighted by atomic mass is 19.3. The summed E-state index contributed by atoms with van der Waals surface area (Å²) in [6.07, 6.45) is 0.265. The second-order valence-corrected chi connectivity index (χ2v) is 4.01. The van der Waals surface area contributed by atoms with Gasteiger partial charge in [0.05, 0.1) is 5.56 Å². The molecular weight excluding hydrogens is 189 g/mol. The van der Waals surface area contributed by atoms with Gasteiger partial charge in [-0.2, -0.15) is 0 Å². The van der Waals surface area contributed by atoms with Crippen LogP contribution in [0.25, 0.3) is 0 Å². The van der Waals surface area contributed by atoms with E-state index in [9.17, 15) is 13.2 Å². The van der Waals surface area contributed by atoms with Crippen molar-refractivity contribution in [1.29, 1.82) is 0 Å². The van der Waals surface area contributed by atoms with E-state index in [4.69, 9.17) is 0 Å². The minimum atomic E-state index is -3.01. The van der Waals surface area contributed by atoms with E-state index in [0.717, 1.165) is 0 Å². The van der Waals surface area contributed by atoms with Crippen LogP contribution >= 0.6 is 0 Å². The summed E-state index contributed by atoms with van der Waals surface area (Å²) in [5.74, 6) is -4.57. The van der Waals surface area contributed by atoms with Crippen LogP contribution in [0, 0.1) is 18.7 Å². The number of benzene rings is 1. The molecule has 14 heavy (non-hydrogen) atoms. The molecule has 0 heterocycles. The molecule has 0 spiro atoms. The van der Waals surface area contributed by atoms with Crippen molar-refractivity contribution in [2.24, 2.45) is 5.92 Å². The molecule has 2 rings (SSSR count). The van der Waals surface area contributed by atoms with Gasteiger partial charge in [-0.1, -0.05) is 13.0 Å². The Balaban J connectivity index is 2.65. The van der Waals surface area contributed by atoms with E-state index in [-0.39, 0.29) is 6.42 Å². The number of rotatable bonds is 0. The number of alkyl halides is 2. The van der Waals surface area contributed by atoms with Crippen LogP contribution in [0.2, 0.25) is 0 Å². The lowest BCUT2D eigenvalue weighted by Gasteiger charge is -2.15. The Bertz CT molecular complexity index is 382. The molecule has 0 radical (unpaired) electrons. The topological polar surface area (TPSA) is 0 Å². The molecule has 0 N–H and O–H groups in total. The molecule has 1 aliphatic carbocycles. The fraction of sp³-hybridized carbons (Fsp3) is 0.455. The highest BCUT2D eigenvalue weighted by Crippen LogP contribution is 2.47. The molecule has 1 aromatic carbocycles. The summed E-state index contributed by atoms with van der Waals surface area (Å²) in [4.78, 5) is 0. The molecule has 0 fully saturated rings. The third-order valence-electron chi connectivity index (χ3n) is 2.79. The second-order valence-electron chi connectivity index (χ2n) is 4.01. The summed E-state index contributed by atoms with van der Waals surface area (Å²) in [5, 5.41) is 0. The largest absolute Gasteiger partial charge is 0.279 e. The van der Waals surface area contributed by atoms with E-state index >= 15 is 0 Å². The predicted octanol–water partition coefficient (Wildman–Crippen LogP) is 3.42. The van der Waals surface area contributed by atoms with Crippen LogP contribution in [0.1, 0.15) is 23.6 Å². The minimum absolute atomic E-state index is 0.265. The normalized spacial score (nSPS) is 23.6. The monoisotopic (exact) mass is 200 g/mol. The van der Waals surface area contributed by atoms with Crippen LogP contribution < -0.4 is 0 Å². The van der Waals surface area contributed by atoms with E-state index in [1.54, 1.807) is 13.0 Å². The van der Waals surface area contributed by atoms with Crippen molar-refractivity contribution in [1.82, 2.24) is 0 Å². The van der Waals surface area contributed by atoms with Crippen LogP contribution in [-0.4, -0.2) is 0 Å². The first kappa shape index (κ1) is 9.56. The van der Waals surface area contributed by atoms with Gasteiger partial charge in [0.1, 0.15) is 5.82 Å². The molecule has 76 valence electrons. The van der Waals surface area contributed by atoms with E-state index < -0.39 is 23.2 Å². The Kier molecular flexibility index (Phi) is 1.88. The summed E-state index contributed by atoms with van der Waals surface area (Å²) in [6, 6.07) is 2.82. The molecular formula is C11H11F3. The number of hydrogen-bond donors (Lipinski definition) is 0. The van der Waals surface area contributed by atoms with Crippen molar-refractivity contribution in [3.8, 4) is 0 Å². The maximum atomic E-state index is 13.5. The first-order valence-corrected chi connectivity index (χ1v) is 4.60.